The molecular weight excluding hydrogens is 234 g/mol. The fourth-order valence-electron chi connectivity index (χ4n) is 1.90. The molecule has 0 spiro atoms. The van der Waals surface area contributed by atoms with Crippen LogP contribution in [0.3, 0.4) is 0 Å². The lowest BCUT2D eigenvalue weighted by atomic mass is 9.89. The van der Waals surface area contributed by atoms with Crippen molar-refractivity contribution in [3.63, 3.8) is 0 Å². The Labute approximate surface area is 108 Å². The first-order valence-electron chi connectivity index (χ1n) is 6.20. The Morgan fingerprint density at radius 1 is 1.24 bits per heavy atom. The molecule has 0 aromatic heterocycles. The van der Waals surface area contributed by atoms with Crippen LogP contribution in [-0.4, -0.2) is 32.8 Å². The first-order chi connectivity index (χ1) is 7.67. The van der Waals surface area contributed by atoms with Crippen molar-refractivity contribution in [1.82, 2.24) is 4.90 Å². The van der Waals surface area contributed by atoms with Crippen LogP contribution in [-0.2, 0) is 9.59 Å². The van der Waals surface area contributed by atoms with Crippen LogP contribution in [0.1, 0.15) is 48.0 Å². The number of carbonyl (C=O) groups is 2. The van der Waals surface area contributed by atoms with Gasteiger partial charge in [-0.25, -0.2) is 0 Å². The molecule has 4 heteroatoms. The molecule has 17 heavy (non-hydrogen) atoms. The van der Waals surface area contributed by atoms with Crippen molar-refractivity contribution < 1.29 is 9.59 Å². The highest BCUT2D eigenvalue weighted by molar-refractivity contribution is 8.01. The molecule has 0 bridgehead atoms. The van der Waals surface area contributed by atoms with Gasteiger partial charge < -0.3 is 0 Å². The molecule has 98 valence electrons. The first kappa shape index (κ1) is 14.6. The molecule has 2 amide bonds. The zero-order valence-corrected chi connectivity index (χ0v) is 12.4. The lowest BCUT2D eigenvalue weighted by molar-refractivity contribution is -0.146. The maximum atomic E-state index is 12.3. The SMILES string of the molecule is CC(C)SC1CC(=O)N(C(C)(C)C(C)C)C1=O. The van der Waals surface area contributed by atoms with Crippen LogP contribution >= 0.6 is 11.8 Å². The standard InChI is InChI=1S/C13H23NO2S/c1-8(2)13(5,6)14-11(15)7-10(12(14)16)17-9(3)4/h8-10H,7H2,1-6H3. The number of carbonyl (C=O) groups excluding carboxylic acids is 2. The highest BCUT2D eigenvalue weighted by atomic mass is 32.2. The van der Waals surface area contributed by atoms with Crippen molar-refractivity contribution in [2.75, 3.05) is 0 Å². The van der Waals surface area contributed by atoms with Gasteiger partial charge in [-0.15, -0.1) is 11.8 Å². The quantitative estimate of drug-likeness (QED) is 0.727. The van der Waals surface area contributed by atoms with E-state index in [-0.39, 0.29) is 28.5 Å². The molecule has 1 atom stereocenters. The Morgan fingerprint density at radius 2 is 1.76 bits per heavy atom. The molecule has 3 nitrogen and oxygen atoms in total. The summed E-state index contributed by atoms with van der Waals surface area (Å²) in [6, 6.07) is 0. The molecule has 0 radical (unpaired) electrons. The summed E-state index contributed by atoms with van der Waals surface area (Å²) in [6.07, 6.45) is 0.359. The number of nitrogens with zero attached hydrogens (tertiary/aromatic N) is 1. The van der Waals surface area contributed by atoms with Crippen molar-refractivity contribution in [3.8, 4) is 0 Å². The Hall–Kier alpha value is -0.510. The van der Waals surface area contributed by atoms with Crippen LogP contribution in [0.15, 0.2) is 0 Å². The zero-order chi connectivity index (χ0) is 13.4. The highest BCUT2D eigenvalue weighted by Gasteiger charge is 2.47. The van der Waals surface area contributed by atoms with Gasteiger partial charge >= 0.3 is 0 Å². The van der Waals surface area contributed by atoms with Gasteiger partial charge in [-0.1, -0.05) is 27.7 Å². The molecule has 1 aliphatic heterocycles. The van der Waals surface area contributed by atoms with E-state index < -0.39 is 0 Å². The second-order valence-electron chi connectivity index (χ2n) is 5.75. The lowest BCUT2D eigenvalue weighted by Crippen LogP contribution is -2.51. The van der Waals surface area contributed by atoms with E-state index in [1.54, 1.807) is 11.8 Å². The second kappa shape index (κ2) is 5.01. The predicted octanol–water partition coefficient (Wildman–Crippen LogP) is 2.69. The van der Waals surface area contributed by atoms with E-state index in [1.807, 2.05) is 27.7 Å². The van der Waals surface area contributed by atoms with E-state index in [0.29, 0.717) is 11.7 Å². The minimum Gasteiger partial charge on any atom is -0.276 e. The largest absolute Gasteiger partial charge is 0.276 e. The van der Waals surface area contributed by atoms with Crippen LogP contribution in [0.5, 0.6) is 0 Å². The average Bonchev–Trinajstić information content (AvgIpc) is 2.40. The van der Waals surface area contributed by atoms with Crippen LogP contribution in [0.2, 0.25) is 0 Å². The van der Waals surface area contributed by atoms with Gasteiger partial charge in [-0.2, -0.15) is 0 Å². The maximum Gasteiger partial charge on any atom is 0.243 e. The third-order valence-electron chi connectivity index (χ3n) is 3.53. The van der Waals surface area contributed by atoms with Crippen molar-refractivity contribution >= 4 is 23.6 Å². The minimum atomic E-state index is -0.388. The predicted molar refractivity (Wildman–Crippen MR) is 71.9 cm³/mol. The van der Waals surface area contributed by atoms with Crippen LogP contribution < -0.4 is 0 Å². The molecule has 1 heterocycles. The Balaban J connectivity index is 2.90. The Kier molecular flexibility index (Phi) is 4.28. The van der Waals surface area contributed by atoms with Gasteiger partial charge in [0.25, 0.3) is 0 Å². The number of likely N-dealkylation sites (tertiary alicyclic amines) is 1. The summed E-state index contributed by atoms with van der Waals surface area (Å²) in [5, 5.41) is 0.194. The maximum absolute atomic E-state index is 12.3. The van der Waals surface area contributed by atoms with Gasteiger partial charge in [0.15, 0.2) is 0 Å². The van der Waals surface area contributed by atoms with Crippen molar-refractivity contribution in [2.24, 2.45) is 5.92 Å². The molecule has 1 rings (SSSR count). The topological polar surface area (TPSA) is 37.4 Å². The Bertz CT molecular complexity index is 323. The minimum absolute atomic E-state index is 0.00704. The summed E-state index contributed by atoms with van der Waals surface area (Å²) in [4.78, 5) is 25.8. The van der Waals surface area contributed by atoms with Gasteiger partial charge in [0.2, 0.25) is 11.8 Å². The third-order valence-corrected chi connectivity index (χ3v) is 4.77. The zero-order valence-electron chi connectivity index (χ0n) is 11.6. The Morgan fingerprint density at radius 3 is 2.18 bits per heavy atom. The highest BCUT2D eigenvalue weighted by Crippen LogP contribution is 2.35. The molecule has 0 aliphatic carbocycles. The van der Waals surface area contributed by atoms with Gasteiger partial charge in [-0.05, 0) is 25.0 Å². The summed E-state index contributed by atoms with van der Waals surface area (Å²) >= 11 is 1.59. The number of imide groups is 1. The second-order valence-corrected chi connectivity index (χ2v) is 7.54. The van der Waals surface area contributed by atoms with E-state index in [4.69, 9.17) is 0 Å². The molecule has 1 fully saturated rings. The van der Waals surface area contributed by atoms with E-state index >= 15 is 0 Å². The molecule has 1 unspecified atom stereocenters. The number of amides is 2. The van der Waals surface area contributed by atoms with E-state index in [2.05, 4.69) is 13.8 Å². The molecule has 0 aromatic rings. The molecule has 0 saturated carbocycles. The fourth-order valence-corrected chi connectivity index (χ4v) is 3.02. The van der Waals surface area contributed by atoms with Crippen LogP contribution in [0.25, 0.3) is 0 Å². The first-order valence-corrected chi connectivity index (χ1v) is 7.14. The van der Waals surface area contributed by atoms with Gasteiger partial charge in [0.05, 0.1) is 5.25 Å². The summed E-state index contributed by atoms with van der Waals surface area (Å²) in [5.41, 5.74) is -0.388. The van der Waals surface area contributed by atoms with E-state index in [9.17, 15) is 9.59 Å². The third kappa shape index (κ3) is 2.84. The van der Waals surface area contributed by atoms with Gasteiger partial charge in [0, 0.05) is 12.0 Å². The number of hydrogen-bond acceptors (Lipinski definition) is 3. The van der Waals surface area contributed by atoms with Crippen molar-refractivity contribution in [1.29, 1.82) is 0 Å². The number of thioether (sulfide) groups is 1. The summed E-state index contributed by atoms with van der Waals surface area (Å²) in [7, 11) is 0. The average molecular weight is 257 g/mol. The smallest absolute Gasteiger partial charge is 0.243 e. The van der Waals surface area contributed by atoms with Crippen molar-refractivity contribution in [2.45, 2.75) is 64.0 Å². The van der Waals surface area contributed by atoms with E-state index in [0.717, 1.165) is 0 Å². The van der Waals surface area contributed by atoms with Gasteiger partial charge in [-0.3, -0.25) is 14.5 Å². The molecular formula is C13H23NO2S. The molecule has 0 N–H and O–H groups in total. The van der Waals surface area contributed by atoms with Crippen molar-refractivity contribution in [3.05, 3.63) is 0 Å². The fraction of sp³-hybridized carbons (Fsp3) is 0.846. The molecule has 1 aliphatic rings. The summed E-state index contributed by atoms with van der Waals surface area (Å²) < 4.78 is 0. The van der Waals surface area contributed by atoms with E-state index in [1.165, 1.54) is 4.90 Å². The monoisotopic (exact) mass is 257 g/mol. The molecule has 1 saturated heterocycles. The number of hydrogen-bond donors (Lipinski definition) is 0. The molecule has 0 aromatic carbocycles. The summed E-state index contributed by atoms with van der Waals surface area (Å²) in [6.45, 7) is 12.1. The van der Waals surface area contributed by atoms with Crippen LogP contribution in [0, 0.1) is 5.92 Å². The lowest BCUT2D eigenvalue weighted by Gasteiger charge is -2.37. The number of rotatable bonds is 4. The van der Waals surface area contributed by atoms with Crippen LogP contribution in [0.4, 0.5) is 0 Å². The summed E-state index contributed by atoms with van der Waals surface area (Å²) in [5.74, 6) is 0.234. The normalized spacial score (nSPS) is 22.1. The van der Waals surface area contributed by atoms with Gasteiger partial charge in [0.1, 0.15) is 0 Å².